The van der Waals surface area contributed by atoms with Gasteiger partial charge in [0.25, 0.3) is 0 Å². The highest BCUT2D eigenvalue weighted by Crippen LogP contribution is 2.10. The third-order valence-electron chi connectivity index (χ3n) is 2.78. The predicted octanol–water partition coefficient (Wildman–Crippen LogP) is 0.0612. The van der Waals surface area contributed by atoms with E-state index in [0.29, 0.717) is 13.0 Å². The topological polar surface area (TPSA) is 67.6 Å². The molecular formula is C11H21N3O2. The van der Waals surface area contributed by atoms with E-state index >= 15 is 0 Å². The van der Waals surface area contributed by atoms with Crippen LogP contribution in [0.2, 0.25) is 0 Å². The molecule has 0 rings (SSSR count). The normalized spacial score (nSPS) is 11.3. The Labute approximate surface area is 97.3 Å². The molecule has 1 N–H and O–H groups in total. The van der Waals surface area contributed by atoms with Crippen molar-refractivity contribution in [2.45, 2.75) is 25.8 Å². The fourth-order valence-electron chi connectivity index (χ4n) is 1.00. The van der Waals surface area contributed by atoms with Gasteiger partial charge in [0.05, 0.1) is 25.6 Å². The second-order valence-corrected chi connectivity index (χ2v) is 4.55. The van der Waals surface area contributed by atoms with Crippen molar-refractivity contribution in [2.24, 2.45) is 0 Å². The molecule has 16 heavy (non-hydrogen) atoms. The van der Waals surface area contributed by atoms with Gasteiger partial charge in [-0.2, -0.15) is 5.26 Å². The van der Waals surface area contributed by atoms with Crippen molar-refractivity contribution in [3.8, 4) is 6.07 Å². The molecule has 0 heterocycles. The summed E-state index contributed by atoms with van der Waals surface area (Å²) >= 11 is 0. The van der Waals surface area contributed by atoms with Crippen LogP contribution in [0, 0.1) is 11.3 Å². The summed E-state index contributed by atoms with van der Waals surface area (Å²) in [5.74, 6) is -0.0423. The molecule has 0 spiro atoms. The molecular weight excluding hydrogens is 206 g/mol. The van der Waals surface area contributed by atoms with Crippen LogP contribution in [0.15, 0.2) is 0 Å². The van der Waals surface area contributed by atoms with Gasteiger partial charge in [0.15, 0.2) is 0 Å². The molecule has 5 heteroatoms. The number of nitriles is 1. The average molecular weight is 227 g/mol. The number of carbonyl (C=O) groups is 1. The number of carbonyl (C=O) groups excluding carboxylic acids is 1. The Kier molecular flexibility index (Phi) is 6.01. The van der Waals surface area contributed by atoms with Gasteiger partial charge in [-0.1, -0.05) is 0 Å². The van der Waals surface area contributed by atoms with Crippen LogP contribution in [0.25, 0.3) is 0 Å². The highest BCUT2D eigenvalue weighted by Gasteiger charge is 2.25. The van der Waals surface area contributed by atoms with Gasteiger partial charge >= 0.3 is 0 Å². The van der Waals surface area contributed by atoms with Crippen LogP contribution < -0.4 is 0 Å². The molecule has 0 atom stereocenters. The zero-order chi connectivity index (χ0) is 12.8. The van der Waals surface area contributed by atoms with Crippen LogP contribution in [0.4, 0.5) is 0 Å². The largest absolute Gasteiger partial charge is 0.394 e. The molecule has 0 aromatic rings. The minimum absolute atomic E-state index is 0.00130. The number of hydrogen-bond acceptors (Lipinski definition) is 4. The molecule has 0 saturated carbocycles. The Balaban J connectivity index is 4.19. The van der Waals surface area contributed by atoms with Crippen LogP contribution in [0.3, 0.4) is 0 Å². The summed E-state index contributed by atoms with van der Waals surface area (Å²) in [7, 11) is 3.48. The zero-order valence-corrected chi connectivity index (χ0v) is 10.5. The summed E-state index contributed by atoms with van der Waals surface area (Å²) in [6.45, 7) is 4.43. The van der Waals surface area contributed by atoms with Crippen molar-refractivity contribution in [3.05, 3.63) is 0 Å². The Hall–Kier alpha value is -1.12. The summed E-state index contributed by atoms with van der Waals surface area (Å²) in [5.41, 5.74) is -0.411. The molecule has 0 aliphatic carbocycles. The summed E-state index contributed by atoms with van der Waals surface area (Å²) in [4.78, 5) is 15.1. The van der Waals surface area contributed by atoms with Crippen LogP contribution >= 0.6 is 0 Å². The third kappa shape index (κ3) is 4.60. The number of aliphatic hydroxyl groups excluding tert-OH is 1. The highest BCUT2D eigenvalue weighted by atomic mass is 16.3. The highest BCUT2D eigenvalue weighted by molar-refractivity contribution is 5.78. The molecule has 0 radical (unpaired) electrons. The lowest BCUT2D eigenvalue weighted by Crippen LogP contribution is -2.49. The lowest BCUT2D eigenvalue weighted by atomic mass is 10.1. The van der Waals surface area contributed by atoms with E-state index in [1.165, 1.54) is 4.90 Å². The van der Waals surface area contributed by atoms with E-state index in [1.54, 1.807) is 19.0 Å². The Morgan fingerprint density at radius 1 is 1.44 bits per heavy atom. The molecule has 0 aliphatic heterocycles. The van der Waals surface area contributed by atoms with Gasteiger partial charge in [0.2, 0.25) is 5.91 Å². The van der Waals surface area contributed by atoms with Gasteiger partial charge in [-0.05, 0) is 20.9 Å². The number of aliphatic hydroxyl groups is 1. The van der Waals surface area contributed by atoms with E-state index < -0.39 is 5.54 Å². The summed E-state index contributed by atoms with van der Waals surface area (Å²) in [5, 5.41) is 17.6. The predicted molar refractivity (Wildman–Crippen MR) is 61.7 cm³/mol. The lowest BCUT2D eigenvalue weighted by molar-refractivity contribution is -0.132. The molecule has 0 unspecified atom stereocenters. The zero-order valence-electron chi connectivity index (χ0n) is 10.5. The van der Waals surface area contributed by atoms with E-state index in [9.17, 15) is 4.79 Å². The second kappa shape index (κ2) is 6.46. The first kappa shape index (κ1) is 14.9. The fourth-order valence-corrected chi connectivity index (χ4v) is 1.00. The maximum atomic E-state index is 11.7. The minimum atomic E-state index is -0.411. The van der Waals surface area contributed by atoms with Gasteiger partial charge < -0.3 is 10.0 Å². The summed E-state index contributed by atoms with van der Waals surface area (Å²) in [6.07, 6.45) is 0.343. The van der Waals surface area contributed by atoms with Crippen LogP contribution in [-0.2, 0) is 4.79 Å². The molecule has 0 saturated heterocycles. The van der Waals surface area contributed by atoms with Crippen molar-refractivity contribution >= 4 is 5.91 Å². The lowest BCUT2D eigenvalue weighted by Gasteiger charge is -2.34. The molecule has 5 nitrogen and oxygen atoms in total. The Bertz CT molecular complexity index is 271. The minimum Gasteiger partial charge on any atom is -0.394 e. The second-order valence-electron chi connectivity index (χ2n) is 4.55. The quantitative estimate of drug-likeness (QED) is 0.697. The fraction of sp³-hybridized carbons (Fsp3) is 0.818. The van der Waals surface area contributed by atoms with E-state index in [1.807, 2.05) is 19.9 Å². The summed E-state index contributed by atoms with van der Waals surface area (Å²) < 4.78 is 0. The smallest absolute Gasteiger partial charge is 0.236 e. The molecule has 0 aromatic carbocycles. The van der Waals surface area contributed by atoms with Crippen LogP contribution in [0.5, 0.6) is 0 Å². The van der Waals surface area contributed by atoms with Gasteiger partial charge in [-0.3, -0.25) is 9.69 Å². The standard InChI is InChI=1S/C11H21N3O2/c1-11(2,9-15)14(4)8-10(16)13(3)7-5-6-12/h15H,5,7-9H2,1-4H3. The van der Waals surface area contributed by atoms with E-state index in [-0.39, 0.29) is 19.1 Å². The first-order valence-electron chi connectivity index (χ1n) is 5.28. The van der Waals surface area contributed by atoms with Gasteiger partial charge in [0, 0.05) is 19.1 Å². The van der Waals surface area contributed by atoms with Crippen molar-refractivity contribution in [3.63, 3.8) is 0 Å². The van der Waals surface area contributed by atoms with E-state index in [4.69, 9.17) is 10.4 Å². The van der Waals surface area contributed by atoms with Crippen molar-refractivity contribution < 1.29 is 9.90 Å². The molecule has 92 valence electrons. The van der Waals surface area contributed by atoms with Crippen molar-refractivity contribution in [1.29, 1.82) is 5.26 Å². The monoisotopic (exact) mass is 227 g/mol. The SMILES string of the molecule is CN(CCC#N)C(=O)CN(C)C(C)(C)CO. The van der Waals surface area contributed by atoms with E-state index in [0.717, 1.165) is 0 Å². The van der Waals surface area contributed by atoms with Crippen molar-refractivity contribution in [2.75, 3.05) is 33.8 Å². The average Bonchev–Trinajstić information content (AvgIpc) is 2.25. The molecule has 0 bridgehead atoms. The number of nitrogens with zero attached hydrogens (tertiary/aromatic N) is 3. The Morgan fingerprint density at radius 2 is 2.00 bits per heavy atom. The van der Waals surface area contributed by atoms with Gasteiger partial charge in [-0.25, -0.2) is 0 Å². The molecule has 1 amide bonds. The number of likely N-dealkylation sites (N-methyl/N-ethyl adjacent to an activating group) is 2. The molecule has 0 aromatic heterocycles. The maximum Gasteiger partial charge on any atom is 0.236 e. The van der Waals surface area contributed by atoms with E-state index in [2.05, 4.69) is 0 Å². The van der Waals surface area contributed by atoms with Crippen LogP contribution in [-0.4, -0.2) is 60.1 Å². The number of rotatable bonds is 6. The third-order valence-corrected chi connectivity index (χ3v) is 2.78. The molecule has 0 aliphatic rings. The molecule has 0 fully saturated rings. The number of amides is 1. The van der Waals surface area contributed by atoms with Crippen LogP contribution in [0.1, 0.15) is 20.3 Å². The maximum absolute atomic E-state index is 11.7. The Morgan fingerprint density at radius 3 is 2.44 bits per heavy atom. The summed E-state index contributed by atoms with van der Waals surface area (Å²) in [6, 6.07) is 2.00. The van der Waals surface area contributed by atoms with Gasteiger partial charge in [-0.15, -0.1) is 0 Å². The first-order chi connectivity index (χ1) is 7.35. The van der Waals surface area contributed by atoms with Gasteiger partial charge in [0.1, 0.15) is 0 Å². The van der Waals surface area contributed by atoms with Crippen molar-refractivity contribution in [1.82, 2.24) is 9.80 Å². The first-order valence-corrected chi connectivity index (χ1v) is 5.28. The number of hydrogen-bond donors (Lipinski definition) is 1.